The highest BCUT2D eigenvalue weighted by Crippen LogP contribution is 2.24. The van der Waals surface area contributed by atoms with Gasteiger partial charge in [-0.05, 0) is 0 Å². The molecule has 4 unspecified atom stereocenters. The monoisotopic (exact) mass is 156 g/mol. The molecule has 1 aliphatic rings. The first-order valence-corrected chi connectivity index (χ1v) is 3.75. The van der Waals surface area contributed by atoms with E-state index >= 15 is 0 Å². The van der Waals surface area contributed by atoms with Crippen molar-refractivity contribution < 1.29 is 14.6 Å². The maximum Gasteiger partial charge on any atom is 0.112 e. The summed E-state index contributed by atoms with van der Waals surface area (Å²) in [5.41, 5.74) is 0. The Labute approximate surface area is 68.1 Å². The van der Waals surface area contributed by atoms with E-state index in [1.54, 1.807) is 7.11 Å². The van der Waals surface area contributed by atoms with Crippen molar-refractivity contribution in [2.24, 2.45) is 5.92 Å². The molecule has 0 bridgehead atoms. The van der Waals surface area contributed by atoms with Gasteiger partial charge in [0, 0.05) is 19.0 Å². The molecule has 4 heteroatoms. The van der Waals surface area contributed by atoms with Crippen LogP contribution in [0.2, 0.25) is 0 Å². The molecule has 4 atom stereocenters. The highest BCUT2D eigenvalue weighted by molar-refractivity contribution is 6.11. The summed E-state index contributed by atoms with van der Waals surface area (Å²) in [5, 5.41) is 9.36. The number of ether oxygens (including phenoxy) is 2. The van der Waals surface area contributed by atoms with Crippen LogP contribution in [-0.4, -0.2) is 44.9 Å². The highest BCUT2D eigenvalue weighted by atomic mass is 16.5. The SMILES string of the molecule is [B]C1OC(COC)C(C)C1O. The van der Waals surface area contributed by atoms with Crippen LogP contribution in [0.5, 0.6) is 0 Å². The van der Waals surface area contributed by atoms with Gasteiger partial charge in [0.05, 0.1) is 18.8 Å². The summed E-state index contributed by atoms with van der Waals surface area (Å²) >= 11 is 0. The Kier molecular flexibility index (Phi) is 2.93. The highest BCUT2D eigenvalue weighted by Gasteiger charge is 2.37. The normalized spacial score (nSPS) is 44.6. The molecule has 2 radical (unpaired) electrons. The maximum atomic E-state index is 9.36. The summed E-state index contributed by atoms with van der Waals surface area (Å²) < 4.78 is 10.1. The molecule has 62 valence electrons. The smallest absolute Gasteiger partial charge is 0.112 e. The third-order valence-electron chi connectivity index (χ3n) is 2.12. The van der Waals surface area contributed by atoms with Crippen LogP contribution in [0, 0.1) is 5.92 Å². The van der Waals surface area contributed by atoms with Crippen molar-refractivity contribution in [3.63, 3.8) is 0 Å². The number of hydrogen-bond acceptors (Lipinski definition) is 3. The Morgan fingerprint density at radius 2 is 2.27 bits per heavy atom. The van der Waals surface area contributed by atoms with Crippen LogP contribution in [0.4, 0.5) is 0 Å². The molecule has 0 aromatic heterocycles. The second kappa shape index (κ2) is 3.56. The van der Waals surface area contributed by atoms with Gasteiger partial charge in [-0.25, -0.2) is 0 Å². The minimum Gasteiger partial charge on any atom is -0.391 e. The van der Waals surface area contributed by atoms with Crippen molar-refractivity contribution in [3.05, 3.63) is 0 Å². The molecule has 11 heavy (non-hydrogen) atoms. The first-order chi connectivity index (χ1) is 5.16. The van der Waals surface area contributed by atoms with E-state index in [0.717, 1.165) is 0 Å². The van der Waals surface area contributed by atoms with Crippen molar-refractivity contribution in [1.29, 1.82) is 0 Å². The number of rotatable bonds is 2. The van der Waals surface area contributed by atoms with Crippen LogP contribution >= 0.6 is 0 Å². The number of methoxy groups -OCH3 is 1. The van der Waals surface area contributed by atoms with E-state index in [9.17, 15) is 5.11 Å². The molecule has 0 amide bonds. The van der Waals surface area contributed by atoms with E-state index in [-0.39, 0.29) is 12.0 Å². The standard InChI is InChI=1S/C7H13BO3/c1-4-5(3-10-2)11-7(8)6(4)9/h4-7,9H,3H2,1-2H3. The van der Waals surface area contributed by atoms with Gasteiger partial charge in [0.2, 0.25) is 0 Å². The number of hydrogen-bond donors (Lipinski definition) is 1. The summed E-state index contributed by atoms with van der Waals surface area (Å²) in [5.74, 6) is 0.0601. The Morgan fingerprint density at radius 3 is 2.64 bits per heavy atom. The Balaban J connectivity index is 2.45. The molecule has 0 aromatic rings. The molecular weight excluding hydrogens is 143 g/mol. The molecule has 1 saturated heterocycles. The second-order valence-electron chi connectivity index (χ2n) is 2.94. The third kappa shape index (κ3) is 1.75. The van der Waals surface area contributed by atoms with Crippen LogP contribution in [0.15, 0.2) is 0 Å². The van der Waals surface area contributed by atoms with Crippen molar-refractivity contribution in [2.45, 2.75) is 25.1 Å². The molecule has 0 spiro atoms. The lowest BCUT2D eigenvalue weighted by Crippen LogP contribution is -2.26. The lowest BCUT2D eigenvalue weighted by atomic mass is 9.89. The maximum absolute atomic E-state index is 9.36. The van der Waals surface area contributed by atoms with Crippen LogP contribution in [-0.2, 0) is 9.47 Å². The average molecular weight is 156 g/mol. The average Bonchev–Trinajstić information content (AvgIpc) is 2.19. The van der Waals surface area contributed by atoms with Gasteiger partial charge in [-0.15, -0.1) is 0 Å². The minimum atomic E-state index is -0.560. The van der Waals surface area contributed by atoms with Crippen molar-refractivity contribution in [2.75, 3.05) is 13.7 Å². The first-order valence-electron chi connectivity index (χ1n) is 3.75. The lowest BCUT2D eigenvalue weighted by molar-refractivity contribution is 0.00990. The van der Waals surface area contributed by atoms with Gasteiger partial charge in [0.1, 0.15) is 7.85 Å². The van der Waals surface area contributed by atoms with Gasteiger partial charge in [-0.3, -0.25) is 0 Å². The molecule has 1 rings (SSSR count). The molecule has 0 aromatic carbocycles. The first kappa shape index (κ1) is 9.04. The van der Waals surface area contributed by atoms with Gasteiger partial charge >= 0.3 is 0 Å². The fourth-order valence-electron chi connectivity index (χ4n) is 1.28. The summed E-state index contributed by atoms with van der Waals surface area (Å²) in [6.07, 6.45) is -0.625. The van der Waals surface area contributed by atoms with Gasteiger partial charge in [0.15, 0.2) is 0 Å². The molecule has 0 saturated carbocycles. The lowest BCUT2D eigenvalue weighted by Gasteiger charge is -2.13. The fourth-order valence-corrected chi connectivity index (χ4v) is 1.28. The van der Waals surface area contributed by atoms with Crippen LogP contribution in [0.3, 0.4) is 0 Å². The van der Waals surface area contributed by atoms with Crippen molar-refractivity contribution >= 4 is 7.85 Å². The van der Waals surface area contributed by atoms with E-state index in [1.165, 1.54) is 0 Å². The van der Waals surface area contributed by atoms with E-state index in [1.807, 2.05) is 6.92 Å². The van der Waals surface area contributed by atoms with Crippen molar-refractivity contribution in [1.82, 2.24) is 0 Å². The summed E-state index contributed by atoms with van der Waals surface area (Å²) in [4.78, 5) is 0. The predicted molar refractivity (Wildman–Crippen MR) is 41.5 cm³/mol. The second-order valence-corrected chi connectivity index (χ2v) is 2.94. The topological polar surface area (TPSA) is 38.7 Å². The van der Waals surface area contributed by atoms with E-state index in [0.29, 0.717) is 6.61 Å². The van der Waals surface area contributed by atoms with Gasteiger partial charge in [-0.2, -0.15) is 0 Å². The Bertz CT molecular complexity index is 131. The van der Waals surface area contributed by atoms with E-state index < -0.39 is 12.1 Å². The van der Waals surface area contributed by atoms with Gasteiger partial charge < -0.3 is 14.6 Å². The number of aliphatic hydroxyl groups excluding tert-OH is 1. The largest absolute Gasteiger partial charge is 0.391 e. The zero-order valence-electron chi connectivity index (χ0n) is 6.86. The predicted octanol–water partition coefficient (Wildman–Crippen LogP) is -0.477. The van der Waals surface area contributed by atoms with Crippen LogP contribution < -0.4 is 0 Å². The quantitative estimate of drug-likeness (QED) is 0.549. The molecule has 1 heterocycles. The zero-order chi connectivity index (χ0) is 8.43. The fraction of sp³-hybridized carbons (Fsp3) is 1.00. The van der Waals surface area contributed by atoms with E-state index in [2.05, 4.69) is 0 Å². The van der Waals surface area contributed by atoms with E-state index in [4.69, 9.17) is 17.3 Å². The van der Waals surface area contributed by atoms with Crippen molar-refractivity contribution in [3.8, 4) is 0 Å². The third-order valence-corrected chi connectivity index (χ3v) is 2.12. The van der Waals surface area contributed by atoms with Crippen LogP contribution in [0.25, 0.3) is 0 Å². The molecule has 1 aliphatic heterocycles. The molecule has 1 N–H and O–H groups in total. The Hall–Kier alpha value is -0.0551. The van der Waals surface area contributed by atoms with Gasteiger partial charge in [-0.1, -0.05) is 6.92 Å². The molecule has 3 nitrogen and oxygen atoms in total. The minimum absolute atomic E-state index is 0.0601. The molecule has 1 fully saturated rings. The van der Waals surface area contributed by atoms with Crippen LogP contribution in [0.1, 0.15) is 6.92 Å². The zero-order valence-corrected chi connectivity index (χ0v) is 6.86. The molecule has 0 aliphatic carbocycles. The Morgan fingerprint density at radius 1 is 1.64 bits per heavy atom. The van der Waals surface area contributed by atoms with Gasteiger partial charge in [0.25, 0.3) is 0 Å². The molecular formula is C7H13BO3. The number of aliphatic hydroxyl groups is 1. The summed E-state index contributed by atoms with van der Waals surface area (Å²) in [6, 6.07) is -0.551. The summed E-state index contributed by atoms with van der Waals surface area (Å²) in [7, 11) is 7.07. The summed E-state index contributed by atoms with van der Waals surface area (Å²) in [6.45, 7) is 2.40.